The zero-order valence-corrected chi connectivity index (χ0v) is 15.1. The molecule has 1 aliphatic heterocycles. The van der Waals surface area contributed by atoms with Crippen LogP contribution in [0.1, 0.15) is 23.1 Å². The van der Waals surface area contributed by atoms with Crippen molar-refractivity contribution in [3.8, 4) is 0 Å². The topological polar surface area (TPSA) is 21.6 Å². The predicted molar refractivity (Wildman–Crippen MR) is 95.8 cm³/mol. The average molecular weight is 421 g/mol. The van der Waals surface area contributed by atoms with Crippen LogP contribution in [0.3, 0.4) is 0 Å². The normalized spacial score (nSPS) is 26.5. The lowest BCUT2D eigenvalue weighted by Crippen LogP contribution is -2.43. The van der Waals surface area contributed by atoms with Gasteiger partial charge in [0.1, 0.15) is 0 Å². The molecule has 0 bridgehead atoms. The first-order chi connectivity index (χ1) is 10.7. The van der Waals surface area contributed by atoms with E-state index in [0.717, 1.165) is 28.8 Å². The van der Waals surface area contributed by atoms with Gasteiger partial charge in [-0.1, -0.05) is 56.1 Å². The third-order valence-electron chi connectivity index (χ3n) is 4.47. The number of aryl methyl sites for hydroxylation is 1. The van der Waals surface area contributed by atoms with Crippen molar-refractivity contribution < 1.29 is 4.74 Å². The molecule has 2 atom stereocenters. The van der Waals surface area contributed by atoms with Crippen LogP contribution in [-0.2, 0) is 16.8 Å². The van der Waals surface area contributed by atoms with Crippen LogP contribution < -0.4 is 0 Å². The Hall–Kier alpha value is -1.13. The Bertz CT molecular complexity index is 741. The Morgan fingerprint density at radius 2 is 1.86 bits per heavy atom. The van der Waals surface area contributed by atoms with E-state index in [9.17, 15) is 0 Å². The predicted octanol–water partition coefficient (Wildman–Crippen LogP) is 4.83. The van der Waals surface area contributed by atoms with Gasteiger partial charge in [-0.25, -0.2) is 4.99 Å². The minimum absolute atomic E-state index is 0.284. The minimum atomic E-state index is -0.364. The van der Waals surface area contributed by atoms with Crippen molar-refractivity contribution in [2.75, 3.05) is 6.54 Å². The molecule has 2 aromatic carbocycles. The number of aliphatic imine (C=N–C) groups is 1. The molecule has 0 amide bonds. The Balaban J connectivity index is 1.71. The lowest BCUT2D eigenvalue weighted by atomic mass is 9.79. The van der Waals surface area contributed by atoms with Gasteiger partial charge in [0.2, 0.25) is 5.90 Å². The smallest absolute Gasteiger partial charge is 0.217 e. The molecule has 1 aliphatic carbocycles. The molecule has 2 aromatic rings. The molecule has 0 radical (unpaired) electrons. The second kappa shape index (κ2) is 5.50. The van der Waals surface area contributed by atoms with Crippen LogP contribution in [0.25, 0.3) is 0 Å². The van der Waals surface area contributed by atoms with Crippen LogP contribution in [0, 0.1) is 0 Å². The third kappa shape index (κ3) is 2.24. The largest absolute Gasteiger partial charge is 0.463 e. The molecule has 4 rings (SSSR count). The molecule has 1 spiro atoms. The molecule has 0 unspecified atom stereocenters. The van der Waals surface area contributed by atoms with Gasteiger partial charge in [0.05, 0.1) is 11.4 Å². The van der Waals surface area contributed by atoms with E-state index in [1.807, 2.05) is 24.3 Å². The van der Waals surface area contributed by atoms with E-state index in [2.05, 4.69) is 56.1 Å². The van der Waals surface area contributed by atoms with Crippen molar-refractivity contribution >= 4 is 37.8 Å². The number of rotatable bonds is 1. The van der Waals surface area contributed by atoms with E-state index in [4.69, 9.17) is 9.73 Å². The first-order valence-corrected chi connectivity index (χ1v) is 9.12. The molecule has 2 nitrogen and oxygen atoms in total. The second-order valence-electron chi connectivity index (χ2n) is 5.78. The van der Waals surface area contributed by atoms with Crippen molar-refractivity contribution in [3.05, 3.63) is 69.7 Å². The second-order valence-corrected chi connectivity index (χ2v) is 7.80. The summed E-state index contributed by atoms with van der Waals surface area (Å²) in [6, 6.07) is 16.7. The highest BCUT2D eigenvalue weighted by molar-refractivity contribution is 9.10. The zero-order valence-electron chi connectivity index (χ0n) is 11.9. The van der Waals surface area contributed by atoms with Crippen molar-refractivity contribution in [2.24, 2.45) is 4.99 Å². The number of fused-ring (bicyclic) bond motifs is 2. The van der Waals surface area contributed by atoms with Gasteiger partial charge in [0.15, 0.2) is 5.60 Å². The van der Waals surface area contributed by atoms with Gasteiger partial charge < -0.3 is 4.74 Å². The maximum Gasteiger partial charge on any atom is 0.217 e. The van der Waals surface area contributed by atoms with Gasteiger partial charge in [-0.3, -0.25) is 0 Å². The number of benzene rings is 2. The summed E-state index contributed by atoms with van der Waals surface area (Å²) >= 11 is 7.31. The molecule has 112 valence electrons. The number of hydrogen-bond acceptors (Lipinski definition) is 2. The Labute approximate surface area is 146 Å². The number of halogens is 2. The fourth-order valence-corrected chi connectivity index (χ4v) is 4.29. The number of alkyl halides is 1. The molecule has 2 aliphatic rings. The summed E-state index contributed by atoms with van der Waals surface area (Å²) in [4.78, 5) is 4.99. The summed E-state index contributed by atoms with van der Waals surface area (Å²) in [5, 5.41) is 0. The molecule has 1 heterocycles. The van der Waals surface area contributed by atoms with Crippen molar-refractivity contribution in [1.82, 2.24) is 0 Å². The van der Waals surface area contributed by atoms with E-state index < -0.39 is 0 Å². The molecular weight excluding hydrogens is 406 g/mol. The van der Waals surface area contributed by atoms with Crippen LogP contribution in [0.4, 0.5) is 0 Å². The molecule has 0 N–H and O–H groups in total. The SMILES string of the molecule is Brc1ccc(C2=NC[C@]3(O2)c2ccccc2CC[C@H]3Br)cc1. The zero-order chi connectivity index (χ0) is 15.2. The summed E-state index contributed by atoms with van der Waals surface area (Å²) in [5.41, 5.74) is 3.32. The van der Waals surface area contributed by atoms with E-state index in [1.54, 1.807) is 0 Å². The summed E-state index contributed by atoms with van der Waals surface area (Å²) in [6.07, 6.45) is 2.16. The third-order valence-corrected chi connectivity index (χ3v) is 6.20. The van der Waals surface area contributed by atoms with E-state index >= 15 is 0 Å². The number of nitrogens with zero attached hydrogens (tertiary/aromatic N) is 1. The fraction of sp³-hybridized carbons (Fsp3) is 0.278. The maximum atomic E-state index is 6.44. The first-order valence-electron chi connectivity index (χ1n) is 7.41. The number of ether oxygens (including phenoxy) is 1. The van der Waals surface area contributed by atoms with Crippen LogP contribution >= 0.6 is 31.9 Å². The quantitative estimate of drug-likeness (QED) is 0.605. The van der Waals surface area contributed by atoms with Crippen LogP contribution in [0.5, 0.6) is 0 Å². The van der Waals surface area contributed by atoms with Gasteiger partial charge in [-0.2, -0.15) is 0 Å². The summed E-state index contributed by atoms with van der Waals surface area (Å²) in [5.74, 6) is 0.744. The van der Waals surface area contributed by atoms with Crippen molar-refractivity contribution in [3.63, 3.8) is 0 Å². The van der Waals surface area contributed by atoms with Gasteiger partial charge in [0, 0.05) is 15.6 Å². The monoisotopic (exact) mass is 419 g/mol. The standard InChI is InChI=1S/C18H15Br2NO/c19-14-8-5-13(6-9-14)17-21-11-18(22-17)15-4-2-1-3-12(15)7-10-16(18)20/h1-6,8-9,16H,7,10-11H2/t16-,18+/m1/s1. The van der Waals surface area contributed by atoms with Gasteiger partial charge in [-0.05, 0) is 42.7 Å². The fourth-order valence-electron chi connectivity index (χ4n) is 3.31. The van der Waals surface area contributed by atoms with Gasteiger partial charge in [-0.15, -0.1) is 0 Å². The molecular formula is C18H15Br2NO. The summed E-state index contributed by atoms with van der Waals surface area (Å²) in [7, 11) is 0. The summed E-state index contributed by atoms with van der Waals surface area (Å²) < 4.78 is 7.50. The molecule has 0 fully saturated rings. The molecule has 0 saturated carbocycles. The number of hydrogen-bond donors (Lipinski definition) is 0. The minimum Gasteiger partial charge on any atom is -0.463 e. The van der Waals surface area contributed by atoms with E-state index in [0.29, 0.717) is 6.54 Å². The van der Waals surface area contributed by atoms with Crippen LogP contribution in [0.2, 0.25) is 0 Å². The maximum absolute atomic E-state index is 6.44. The van der Waals surface area contributed by atoms with Crippen molar-refractivity contribution in [2.45, 2.75) is 23.3 Å². The lowest BCUT2D eigenvalue weighted by Gasteiger charge is -2.38. The van der Waals surface area contributed by atoms with Crippen LogP contribution in [-0.4, -0.2) is 17.3 Å². The lowest BCUT2D eigenvalue weighted by molar-refractivity contribution is 0.0755. The Morgan fingerprint density at radius 1 is 1.09 bits per heavy atom. The highest BCUT2D eigenvalue weighted by atomic mass is 79.9. The highest BCUT2D eigenvalue weighted by Gasteiger charge is 2.49. The molecule has 0 saturated heterocycles. The summed E-state index contributed by atoms with van der Waals surface area (Å²) in [6.45, 7) is 0.672. The van der Waals surface area contributed by atoms with Crippen molar-refractivity contribution in [1.29, 1.82) is 0 Å². The molecule has 22 heavy (non-hydrogen) atoms. The van der Waals surface area contributed by atoms with E-state index in [-0.39, 0.29) is 10.4 Å². The average Bonchev–Trinajstić information content (AvgIpc) is 2.99. The van der Waals surface area contributed by atoms with Gasteiger partial charge >= 0.3 is 0 Å². The highest BCUT2D eigenvalue weighted by Crippen LogP contribution is 2.45. The van der Waals surface area contributed by atoms with Crippen LogP contribution in [0.15, 0.2) is 58.0 Å². The molecule has 0 aromatic heterocycles. The Morgan fingerprint density at radius 3 is 2.68 bits per heavy atom. The van der Waals surface area contributed by atoms with Gasteiger partial charge in [0.25, 0.3) is 0 Å². The Kier molecular flexibility index (Phi) is 3.61. The first kappa shape index (κ1) is 14.5. The molecule has 4 heteroatoms. The van der Waals surface area contributed by atoms with E-state index in [1.165, 1.54) is 11.1 Å².